The summed E-state index contributed by atoms with van der Waals surface area (Å²) in [6.45, 7) is 2.43. The molecule has 0 aliphatic carbocycles. The van der Waals surface area contributed by atoms with Gasteiger partial charge in [0.2, 0.25) is 0 Å². The van der Waals surface area contributed by atoms with Crippen molar-refractivity contribution in [1.29, 1.82) is 0 Å². The highest BCUT2D eigenvalue weighted by molar-refractivity contribution is 6.30. The van der Waals surface area contributed by atoms with E-state index in [-0.39, 0.29) is 13.2 Å². The molecule has 2 aromatic carbocycles. The fourth-order valence-corrected chi connectivity index (χ4v) is 1.93. The average Bonchev–Trinajstić information content (AvgIpc) is 2.53. The smallest absolute Gasteiger partial charge is 0.408 e. The van der Waals surface area contributed by atoms with E-state index in [4.69, 9.17) is 16.3 Å². The molecule has 0 saturated heterocycles. The molecule has 0 fully saturated rings. The summed E-state index contributed by atoms with van der Waals surface area (Å²) in [6.07, 6.45) is -0.485. The van der Waals surface area contributed by atoms with Crippen molar-refractivity contribution in [2.24, 2.45) is 0 Å². The highest BCUT2D eigenvalue weighted by atomic mass is 35.5. The number of ether oxygens (including phenoxy) is 1. The number of carbonyl (C=O) groups is 1. The fourth-order valence-electron chi connectivity index (χ4n) is 1.76. The van der Waals surface area contributed by atoms with Gasteiger partial charge in [-0.25, -0.2) is 4.79 Å². The van der Waals surface area contributed by atoms with Crippen molar-refractivity contribution >= 4 is 17.7 Å². The summed E-state index contributed by atoms with van der Waals surface area (Å²) in [5.74, 6) is 5.86. The first-order valence-corrected chi connectivity index (χ1v) is 7.22. The van der Waals surface area contributed by atoms with Gasteiger partial charge in [-0.1, -0.05) is 59.8 Å². The van der Waals surface area contributed by atoms with Crippen LogP contribution >= 0.6 is 11.6 Å². The normalized spacial score (nSPS) is 9.55. The topological polar surface area (TPSA) is 38.3 Å². The number of benzene rings is 2. The Morgan fingerprint density at radius 3 is 2.77 bits per heavy atom. The molecule has 0 aliphatic rings. The summed E-state index contributed by atoms with van der Waals surface area (Å²) in [4.78, 5) is 11.5. The monoisotopic (exact) mass is 313 g/mol. The third-order valence-electron chi connectivity index (χ3n) is 2.96. The molecule has 2 aromatic rings. The lowest BCUT2D eigenvalue weighted by molar-refractivity contribution is 0.141. The van der Waals surface area contributed by atoms with Crippen molar-refractivity contribution in [3.63, 3.8) is 0 Å². The van der Waals surface area contributed by atoms with Crippen LogP contribution in [0.15, 0.2) is 48.5 Å². The number of halogens is 1. The van der Waals surface area contributed by atoms with E-state index in [1.165, 1.54) is 0 Å². The van der Waals surface area contributed by atoms with Gasteiger partial charge in [0.25, 0.3) is 0 Å². The van der Waals surface area contributed by atoms with Crippen LogP contribution in [0, 0.1) is 18.8 Å². The van der Waals surface area contributed by atoms with Crippen LogP contribution in [0.25, 0.3) is 0 Å². The zero-order chi connectivity index (χ0) is 15.8. The molecule has 2 rings (SSSR count). The zero-order valence-corrected chi connectivity index (χ0v) is 13.0. The van der Waals surface area contributed by atoms with E-state index in [0.717, 1.165) is 16.7 Å². The van der Waals surface area contributed by atoms with Crippen LogP contribution in [-0.2, 0) is 11.3 Å². The number of carbonyl (C=O) groups excluding carboxylic acids is 1. The van der Waals surface area contributed by atoms with Crippen molar-refractivity contribution < 1.29 is 9.53 Å². The molecule has 0 aromatic heterocycles. The van der Waals surface area contributed by atoms with E-state index in [1.807, 2.05) is 49.4 Å². The number of alkyl carbamates (subject to hydrolysis) is 1. The van der Waals surface area contributed by atoms with Crippen molar-refractivity contribution in [1.82, 2.24) is 5.32 Å². The number of nitrogens with one attached hydrogen (secondary N) is 1. The third-order valence-corrected chi connectivity index (χ3v) is 3.19. The second-order valence-corrected chi connectivity index (χ2v) is 5.11. The third kappa shape index (κ3) is 5.16. The summed E-state index contributed by atoms with van der Waals surface area (Å²) in [5, 5.41) is 3.23. The number of amides is 1. The highest BCUT2D eigenvalue weighted by Crippen LogP contribution is 2.13. The maximum Gasteiger partial charge on any atom is 0.408 e. The van der Waals surface area contributed by atoms with Crippen molar-refractivity contribution in [3.05, 3.63) is 70.2 Å². The molecule has 0 bridgehead atoms. The Kier molecular flexibility index (Phi) is 5.88. The predicted molar refractivity (Wildman–Crippen MR) is 87.7 cm³/mol. The van der Waals surface area contributed by atoms with E-state index >= 15 is 0 Å². The number of aryl methyl sites for hydroxylation is 1. The molecule has 1 amide bonds. The van der Waals surface area contributed by atoms with Gasteiger partial charge in [-0.05, 0) is 30.2 Å². The lowest BCUT2D eigenvalue weighted by Crippen LogP contribution is -2.24. The van der Waals surface area contributed by atoms with Crippen LogP contribution in [0.4, 0.5) is 4.79 Å². The summed E-state index contributed by atoms with van der Waals surface area (Å²) in [7, 11) is 0. The minimum atomic E-state index is -0.485. The lowest BCUT2D eigenvalue weighted by Gasteiger charge is -2.04. The second-order valence-electron chi connectivity index (χ2n) is 4.68. The molecule has 0 heterocycles. The van der Waals surface area contributed by atoms with Crippen molar-refractivity contribution in [3.8, 4) is 11.8 Å². The molecular weight excluding hydrogens is 298 g/mol. The van der Waals surface area contributed by atoms with Crippen LogP contribution in [-0.4, -0.2) is 12.6 Å². The van der Waals surface area contributed by atoms with Gasteiger partial charge in [0.15, 0.2) is 0 Å². The molecule has 3 nitrogen and oxygen atoms in total. The van der Waals surface area contributed by atoms with Crippen LogP contribution in [0.3, 0.4) is 0 Å². The molecule has 112 valence electrons. The van der Waals surface area contributed by atoms with E-state index in [0.29, 0.717) is 5.02 Å². The molecule has 1 N–H and O–H groups in total. The first-order chi connectivity index (χ1) is 10.6. The Morgan fingerprint density at radius 2 is 2.00 bits per heavy atom. The molecule has 4 heteroatoms. The molecule has 0 radical (unpaired) electrons. The number of hydrogen-bond acceptors (Lipinski definition) is 2. The van der Waals surface area contributed by atoms with Crippen LogP contribution < -0.4 is 5.32 Å². The molecule has 0 saturated carbocycles. The highest BCUT2D eigenvalue weighted by Gasteiger charge is 2.00. The van der Waals surface area contributed by atoms with Crippen LogP contribution in [0.1, 0.15) is 16.7 Å². The second kappa shape index (κ2) is 8.11. The summed E-state index contributed by atoms with van der Waals surface area (Å²) < 4.78 is 5.08. The van der Waals surface area contributed by atoms with E-state index < -0.39 is 6.09 Å². The Morgan fingerprint density at radius 1 is 1.23 bits per heavy atom. The van der Waals surface area contributed by atoms with Crippen molar-refractivity contribution in [2.75, 3.05) is 6.54 Å². The standard InChI is InChI=1S/C18H16ClNO2/c1-14-9-10-17(19)12-16(14)8-5-11-20-18(21)22-13-15-6-3-2-4-7-15/h2-4,6-7,9-10,12H,11,13H2,1H3,(H,20,21). The molecular formula is C18H16ClNO2. The van der Waals surface area contributed by atoms with Gasteiger partial charge in [-0.2, -0.15) is 0 Å². The zero-order valence-electron chi connectivity index (χ0n) is 12.2. The Balaban J connectivity index is 1.78. The van der Waals surface area contributed by atoms with Crippen molar-refractivity contribution in [2.45, 2.75) is 13.5 Å². The lowest BCUT2D eigenvalue weighted by atomic mass is 10.1. The largest absolute Gasteiger partial charge is 0.445 e. The van der Waals surface area contributed by atoms with E-state index in [2.05, 4.69) is 17.2 Å². The molecule has 22 heavy (non-hydrogen) atoms. The van der Waals surface area contributed by atoms with Gasteiger partial charge in [0, 0.05) is 10.6 Å². The Hall–Kier alpha value is -2.44. The predicted octanol–water partition coefficient (Wildman–Crippen LogP) is 3.93. The van der Waals surface area contributed by atoms with Crippen LogP contribution in [0.2, 0.25) is 5.02 Å². The van der Waals surface area contributed by atoms with Gasteiger partial charge in [0.1, 0.15) is 6.61 Å². The maximum atomic E-state index is 11.5. The van der Waals surface area contributed by atoms with Gasteiger partial charge >= 0.3 is 6.09 Å². The van der Waals surface area contributed by atoms with Gasteiger partial charge in [-0.15, -0.1) is 0 Å². The van der Waals surface area contributed by atoms with Gasteiger partial charge in [-0.3, -0.25) is 0 Å². The molecule has 0 spiro atoms. The first-order valence-electron chi connectivity index (χ1n) is 6.85. The summed E-state index contributed by atoms with van der Waals surface area (Å²) in [5.41, 5.74) is 2.84. The summed E-state index contributed by atoms with van der Waals surface area (Å²) >= 11 is 5.92. The quantitative estimate of drug-likeness (QED) is 0.872. The van der Waals surface area contributed by atoms with E-state index in [1.54, 1.807) is 6.07 Å². The molecule has 0 unspecified atom stereocenters. The Bertz CT molecular complexity index is 702. The van der Waals surface area contributed by atoms with E-state index in [9.17, 15) is 4.79 Å². The average molecular weight is 314 g/mol. The first kappa shape index (κ1) is 15.9. The van der Waals surface area contributed by atoms with Crippen LogP contribution in [0.5, 0.6) is 0 Å². The minimum absolute atomic E-state index is 0.222. The van der Waals surface area contributed by atoms with Gasteiger partial charge < -0.3 is 10.1 Å². The molecule has 0 aliphatic heterocycles. The summed E-state index contributed by atoms with van der Waals surface area (Å²) in [6, 6.07) is 15.0. The number of rotatable bonds is 3. The number of hydrogen-bond donors (Lipinski definition) is 1. The van der Waals surface area contributed by atoms with Gasteiger partial charge in [0.05, 0.1) is 6.54 Å². The molecule has 0 atom stereocenters. The maximum absolute atomic E-state index is 11.5. The fraction of sp³-hybridized carbons (Fsp3) is 0.167. The Labute approximate surface area is 135 Å². The SMILES string of the molecule is Cc1ccc(Cl)cc1C#CCNC(=O)OCc1ccccc1. The minimum Gasteiger partial charge on any atom is -0.445 e.